The van der Waals surface area contributed by atoms with Crippen LogP contribution >= 0.6 is 0 Å². The van der Waals surface area contributed by atoms with E-state index in [1.165, 1.54) is 4.52 Å². The fourth-order valence-electron chi connectivity index (χ4n) is 3.18. The van der Waals surface area contributed by atoms with Crippen molar-refractivity contribution in [3.8, 4) is 11.3 Å². The van der Waals surface area contributed by atoms with Crippen molar-refractivity contribution in [2.75, 3.05) is 5.32 Å². The molecular weight excluding hydrogens is 354 g/mol. The van der Waals surface area contributed by atoms with Crippen LogP contribution in [-0.4, -0.2) is 29.4 Å². The van der Waals surface area contributed by atoms with E-state index >= 15 is 0 Å². The lowest BCUT2D eigenvalue weighted by atomic mass is 10.0. The molecule has 0 fully saturated rings. The van der Waals surface area contributed by atoms with Gasteiger partial charge >= 0.3 is 0 Å². The topological polar surface area (TPSA) is 92.9 Å². The maximum atomic E-state index is 12.2. The number of aryl methyl sites for hydroxylation is 3. The zero-order chi connectivity index (χ0) is 19.7. The van der Waals surface area contributed by atoms with E-state index in [2.05, 4.69) is 57.5 Å². The molecule has 144 valence electrons. The first-order valence-electron chi connectivity index (χ1n) is 9.36. The van der Waals surface area contributed by atoms with E-state index in [1.807, 2.05) is 19.3 Å². The van der Waals surface area contributed by atoms with Crippen LogP contribution in [0.2, 0.25) is 0 Å². The largest absolute Gasteiger partial charge is 0.349 e. The number of aromatic amines is 1. The van der Waals surface area contributed by atoms with Gasteiger partial charge in [-0.25, -0.2) is 0 Å². The number of benzene rings is 1. The molecule has 0 amide bonds. The number of nitrogens with one attached hydrogen (secondary N) is 2. The molecule has 0 saturated heterocycles. The highest BCUT2D eigenvalue weighted by Gasteiger charge is 2.10. The Morgan fingerprint density at radius 2 is 2.04 bits per heavy atom. The summed E-state index contributed by atoms with van der Waals surface area (Å²) in [6.45, 7) is 4.69. The van der Waals surface area contributed by atoms with Gasteiger partial charge in [-0.1, -0.05) is 25.5 Å². The average Bonchev–Trinajstić information content (AvgIpc) is 3.28. The molecule has 0 spiro atoms. The first kappa shape index (κ1) is 18.0. The van der Waals surface area contributed by atoms with E-state index in [4.69, 9.17) is 0 Å². The molecule has 0 bridgehead atoms. The quantitative estimate of drug-likeness (QED) is 0.539. The summed E-state index contributed by atoms with van der Waals surface area (Å²) in [7, 11) is 1.91. The fraction of sp³-hybridized carbons (Fsp3) is 0.300. The number of aromatic nitrogens is 6. The molecule has 8 heteroatoms. The van der Waals surface area contributed by atoms with Crippen molar-refractivity contribution in [3.05, 3.63) is 63.7 Å². The molecular formula is C20H23N7O. The van der Waals surface area contributed by atoms with Gasteiger partial charge in [-0.05, 0) is 36.6 Å². The Kier molecular flexibility index (Phi) is 4.68. The second-order valence-electron chi connectivity index (χ2n) is 6.92. The number of anilines is 1. The van der Waals surface area contributed by atoms with Crippen LogP contribution in [0.15, 0.2) is 41.3 Å². The zero-order valence-corrected chi connectivity index (χ0v) is 16.2. The van der Waals surface area contributed by atoms with Crippen molar-refractivity contribution in [2.45, 2.75) is 33.2 Å². The van der Waals surface area contributed by atoms with E-state index in [-0.39, 0.29) is 5.56 Å². The lowest BCUT2D eigenvalue weighted by Gasteiger charge is -2.08. The highest BCUT2D eigenvalue weighted by Crippen LogP contribution is 2.21. The highest BCUT2D eigenvalue weighted by atomic mass is 16.1. The Morgan fingerprint density at radius 1 is 1.18 bits per heavy atom. The van der Waals surface area contributed by atoms with Gasteiger partial charge in [-0.15, -0.1) is 5.10 Å². The van der Waals surface area contributed by atoms with Crippen LogP contribution < -0.4 is 10.9 Å². The Morgan fingerprint density at radius 3 is 2.79 bits per heavy atom. The van der Waals surface area contributed by atoms with E-state index in [0.717, 1.165) is 40.9 Å². The SMILES string of the molecule is CCCc1cc(=O)n2nc(NCc3cc(-c4ccn(C)n4)ccc3C)nc2[nH]1. The third-order valence-electron chi connectivity index (χ3n) is 4.70. The Hall–Kier alpha value is -3.42. The predicted molar refractivity (Wildman–Crippen MR) is 108 cm³/mol. The minimum atomic E-state index is -0.175. The van der Waals surface area contributed by atoms with Gasteiger partial charge in [0.15, 0.2) is 0 Å². The molecule has 4 aromatic rings. The number of rotatable bonds is 6. The molecule has 0 radical (unpaired) electrons. The highest BCUT2D eigenvalue weighted by molar-refractivity contribution is 5.60. The first-order valence-corrected chi connectivity index (χ1v) is 9.36. The molecule has 1 aromatic carbocycles. The molecule has 2 N–H and O–H groups in total. The number of nitrogens with zero attached hydrogens (tertiary/aromatic N) is 5. The second kappa shape index (κ2) is 7.30. The lowest BCUT2D eigenvalue weighted by molar-refractivity contribution is 0.771. The number of H-pyrrole nitrogens is 1. The summed E-state index contributed by atoms with van der Waals surface area (Å²) in [5.41, 5.74) is 4.98. The molecule has 3 heterocycles. The van der Waals surface area contributed by atoms with Crippen LogP contribution in [0.1, 0.15) is 30.2 Å². The third-order valence-corrected chi connectivity index (χ3v) is 4.70. The molecule has 0 unspecified atom stereocenters. The normalized spacial score (nSPS) is 11.2. The van der Waals surface area contributed by atoms with Crippen LogP contribution in [0.4, 0.5) is 5.95 Å². The maximum absolute atomic E-state index is 12.2. The first-order chi connectivity index (χ1) is 13.5. The van der Waals surface area contributed by atoms with E-state index in [9.17, 15) is 4.79 Å². The van der Waals surface area contributed by atoms with Crippen molar-refractivity contribution in [2.24, 2.45) is 7.05 Å². The molecule has 8 nitrogen and oxygen atoms in total. The summed E-state index contributed by atoms with van der Waals surface area (Å²) < 4.78 is 3.08. The molecule has 0 atom stereocenters. The van der Waals surface area contributed by atoms with Gasteiger partial charge in [-0.2, -0.15) is 14.6 Å². The molecule has 3 aromatic heterocycles. The Balaban J connectivity index is 1.57. The van der Waals surface area contributed by atoms with Gasteiger partial charge in [0.05, 0.1) is 5.69 Å². The van der Waals surface area contributed by atoms with Gasteiger partial charge in [0.1, 0.15) is 0 Å². The average molecular weight is 377 g/mol. The van der Waals surface area contributed by atoms with Crippen LogP contribution in [0.5, 0.6) is 0 Å². The van der Waals surface area contributed by atoms with E-state index in [0.29, 0.717) is 18.3 Å². The molecule has 0 aliphatic heterocycles. The summed E-state index contributed by atoms with van der Waals surface area (Å²) >= 11 is 0. The minimum absolute atomic E-state index is 0.175. The zero-order valence-electron chi connectivity index (χ0n) is 16.2. The molecule has 0 saturated carbocycles. The molecule has 0 aliphatic carbocycles. The van der Waals surface area contributed by atoms with Gasteiger partial charge in [-0.3, -0.25) is 9.48 Å². The Labute approximate surface area is 162 Å². The van der Waals surface area contributed by atoms with Crippen LogP contribution in [0.25, 0.3) is 17.0 Å². The summed E-state index contributed by atoms with van der Waals surface area (Å²) in [4.78, 5) is 19.8. The monoisotopic (exact) mass is 377 g/mol. The summed E-state index contributed by atoms with van der Waals surface area (Å²) in [5, 5.41) is 12.0. The van der Waals surface area contributed by atoms with Gasteiger partial charge in [0.2, 0.25) is 11.7 Å². The van der Waals surface area contributed by atoms with Crippen molar-refractivity contribution in [3.63, 3.8) is 0 Å². The minimum Gasteiger partial charge on any atom is -0.349 e. The second-order valence-corrected chi connectivity index (χ2v) is 6.92. The summed E-state index contributed by atoms with van der Waals surface area (Å²) in [5.74, 6) is 0.877. The fourth-order valence-corrected chi connectivity index (χ4v) is 3.18. The van der Waals surface area contributed by atoms with Gasteiger partial charge in [0.25, 0.3) is 5.56 Å². The van der Waals surface area contributed by atoms with E-state index in [1.54, 1.807) is 10.7 Å². The standard InChI is InChI=1S/C20H23N7O/c1-4-5-16-11-18(28)27-20(22-16)23-19(25-27)21-12-15-10-14(7-6-13(15)2)17-8-9-26(3)24-17/h6-11H,4-5,12H2,1-3H3,(H2,21,22,23,25). The number of hydrogen-bond acceptors (Lipinski definition) is 5. The number of fused-ring (bicyclic) bond motifs is 1. The van der Waals surface area contributed by atoms with Crippen molar-refractivity contribution in [1.29, 1.82) is 0 Å². The molecule has 28 heavy (non-hydrogen) atoms. The predicted octanol–water partition coefficient (Wildman–Crippen LogP) is 2.69. The van der Waals surface area contributed by atoms with E-state index < -0.39 is 0 Å². The van der Waals surface area contributed by atoms with Crippen LogP contribution in [0.3, 0.4) is 0 Å². The molecule has 0 aliphatic rings. The molecule has 4 rings (SSSR count). The van der Waals surface area contributed by atoms with Gasteiger partial charge < -0.3 is 10.3 Å². The van der Waals surface area contributed by atoms with Crippen molar-refractivity contribution in [1.82, 2.24) is 29.4 Å². The van der Waals surface area contributed by atoms with Crippen molar-refractivity contribution < 1.29 is 0 Å². The lowest BCUT2D eigenvalue weighted by Crippen LogP contribution is -2.15. The summed E-state index contributed by atoms with van der Waals surface area (Å²) in [6.07, 6.45) is 3.69. The third kappa shape index (κ3) is 3.53. The smallest absolute Gasteiger partial charge is 0.275 e. The Bertz CT molecular complexity index is 1180. The summed E-state index contributed by atoms with van der Waals surface area (Å²) in [6, 6.07) is 9.84. The van der Waals surface area contributed by atoms with Crippen molar-refractivity contribution >= 4 is 11.7 Å². The maximum Gasteiger partial charge on any atom is 0.275 e. The van der Waals surface area contributed by atoms with Crippen LogP contribution in [-0.2, 0) is 20.0 Å². The number of hydrogen-bond donors (Lipinski definition) is 2. The van der Waals surface area contributed by atoms with Gasteiger partial charge in [0, 0.05) is 37.1 Å². The van der Waals surface area contributed by atoms with Crippen LogP contribution in [0, 0.1) is 6.92 Å².